The molecule has 3 nitrogen and oxygen atoms in total. The average Bonchev–Trinajstić information content (AvgIpc) is 2.41. The molecule has 0 aliphatic rings. The normalized spacial score (nSPS) is 10.1. The molecule has 0 aliphatic heterocycles. The van der Waals surface area contributed by atoms with Crippen LogP contribution in [0.1, 0.15) is 11.1 Å². The molecule has 0 radical (unpaired) electrons. The summed E-state index contributed by atoms with van der Waals surface area (Å²) in [5.41, 5.74) is 2.97. The summed E-state index contributed by atoms with van der Waals surface area (Å²) in [7, 11) is 0. The van der Waals surface area contributed by atoms with E-state index in [1.807, 2.05) is 55.5 Å². The minimum absolute atomic E-state index is 0.193. The molecule has 0 aromatic heterocycles. The van der Waals surface area contributed by atoms with Gasteiger partial charge in [-0.2, -0.15) is 0 Å². The second-order valence-electron chi connectivity index (χ2n) is 4.58. The Balaban J connectivity index is 1.80. The highest BCUT2D eigenvalue weighted by molar-refractivity contribution is 6.30. The molecular weight excluding hydrogens is 272 g/mol. The summed E-state index contributed by atoms with van der Waals surface area (Å²) < 4.78 is 0. The number of amides is 2. The van der Waals surface area contributed by atoms with Gasteiger partial charge in [-0.25, -0.2) is 4.79 Å². The lowest BCUT2D eigenvalue weighted by atomic mass is 10.1. The molecule has 0 heterocycles. The molecule has 0 bridgehead atoms. The summed E-state index contributed by atoms with van der Waals surface area (Å²) in [6.07, 6.45) is 0.752. The van der Waals surface area contributed by atoms with Crippen LogP contribution < -0.4 is 10.6 Å². The van der Waals surface area contributed by atoms with Crippen molar-refractivity contribution in [2.24, 2.45) is 0 Å². The van der Waals surface area contributed by atoms with Crippen molar-refractivity contribution in [2.75, 3.05) is 11.9 Å². The molecule has 0 saturated heterocycles. The maximum absolute atomic E-state index is 11.8. The van der Waals surface area contributed by atoms with Crippen LogP contribution in [0.15, 0.2) is 48.5 Å². The third-order valence-corrected chi connectivity index (χ3v) is 3.22. The highest BCUT2D eigenvalue weighted by atomic mass is 35.5. The number of nitrogens with one attached hydrogen (secondary N) is 2. The van der Waals surface area contributed by atoms with Crippen molar-refractivity contribution in [1.82, 2.24) is 5.32 Å². The lowest BCUT2D eigenvalue weighted by Gasteiger charge is -2.09. The van der Waals surface area contributed by atoms with E-state index in [1.165, 1.54) is 0 Å². The summed E-state index contributed by atoms with van der Waals surface area (Å²) >= 11 is 5.91. The Kier molecular flexibility index (Phi) is 5.02. The number of hydrogen-bond acceptors (Lipinski definition) is 1. The first-order valence-corrected chi connectivity index (χ1v) is 6.88. The Morgan fingerprint density at radius 3 is 2.70 bits per heavy atom. The maximum atomic E-state index is 11.8. The Labute approximate surface area is 124 Å². The predicted octanol–water partition coefficient (Wildman–Crippen LogP) is 4.01. The van der Waals surface area contributed by atoms with Crippen LogP contribution in [0.25, 0.3) is 0 Å². The van der Waals surface area contributed by atoms with E-state index in [4.69, 9.17) is 11.6 Å². The number of para-hydroxylation sites is 1. The second-order valence-corrected chi connectivity index (χ2v) is 5.01. The molecule has 2 aromatic carbocycles. The van der Waals surface area contributed by atoms with Gasteiger partial charge in [0.1, 0.15) is 0 Å². The van der Waals surface area contributed by atoms with Crippen LogP contribution in [0, 0.1) is 6.92 Å². The van der Waals surface area contributed by atoms with Gasteiger partial charge in [-0.3, -0.25) is 0 Å². The molecule has 2 aromatic rings. The zero-order chi connectivity index (χ0) is 14.4. The number of benzene rings is 2. The van der Waals surface area contributed by atoms with E-state index in [2.05, 4.69) is 10.6 Å². The minimum Gasteiger partial charge on any atom is -0.338 e. The molecule has 0 spiro atoms. The third-order valence-electron chi connectivity index (χ3n) is 2.98. The zero-order valence-corrected chi connectivity index (χ0v) is 12.1. The van der Waals surface area contributed by atoms with Gasteiger partial charge in [0.2, 0.25) is 0 Å². The highest BCUT2D eigenvalue weighted by Crippen LogP contribution is 2.13. The van der Waals surface area contributed by atoms with Crippen LogP contribution in [0.5, 0.6) is 0 Å². The van der Waals surface area contributed by atoms with E-state index in [1.54, 1.807) is 0 Å². The largest absolute Gasteiger partial charge is 0.338 e. The van der Waals surface area contributed by atoms with Crippen LogP contribution in [-0.4, -0.2) is 12.6 Å². The fourth-order valence-electron chi connectivity index (χ4n) is 1.89. The smallest absolute Gasteiger partial charge is 0.319 e. The van der Waals surface area contributed by atoms with Crippen molar-refractivity contribution >= 4 is 23.3 Å². The van der Waals surface area contributed by atoms with E-state index >= 15 is 0 Å². The first-order chi connectivity index (χ1) is 9.65. The summed E-state index contributed by atoms with van der Waals surface area (Å²) in [5.74, 6) is 0. The lowest BCUT2D eigenvalue weighted by Crippen LogP contribution is -2.30. The van der Waals surface area contributed by atoms with Crippen molar-refractivity contribution < 1.29 is 4.79 Å². The Morgan fingerprint density at radius 2 is 1.95 bits per heavy atom. The fourth-order valence-corrected chi connectivity index (χ4v) is 2.11. The standard InChI is InChI=1S/C16H17ClN2O/c1-12-5-2-3-8-15(12)19-16(20)18-10-9-13-6-4-7-14(17)11-13/h2-8,11H,9-10H2,1H3,(H2,18,19,20). The van der Waals surface area contributed by atoms with E-state index in [9.17, 15) is 4.79 Å². The van der Waals surface area contributed by atoms with Crippen molar-refractivity contribution in [3.63, 3.8) is 0 Å². The van der Waals surface area contributed by atoms with Crippen LogP contribution in [0.2, 0.25) is 5.02 Å². The quantitative estimate of drug-likeness (QED) is 0.877. The van der Waals surface area contributed by atoms with Gasteiger partial charge in [0, 0.05) is 17.3 Å². The van der Waals surface area contributed by atoms with Crippen molar-refractivity contribution in [1.29, 1.82) is 0 Å². The van der Waals surface area contributed by atoms with Gasteiger partial charge in [-0.05, 0) is 42.7 Å². The van der Waals surface area contributed by atoms with Gasteiger partial charge in [0.05, 0.1) is 0 Å². The average molecular weight is 289 g/mol. The summed E-state index contributed by atoms with van der Waals surface area (Å²) in [4.78, 5) is 11.8. The van der Waals surface area contributed by atoms with Crippen molar-refractivity contribution in [3.8, 4) is 0 Å². The predicted molar refractivity (Wildman–Crippen MR) is 83.4 cm³/mol. The topological polar surface area (TPSA) is 41.1 Å². The molecule has 4 heteroatoms. The van der Waals surface area contributed by atoms with Crippen LogP contribution in [0.3, 0.4) is 0 Å². The summed E-state index contributed by atoms with van der Waals surface area (Å²) in [5, 5.41) is 6.38. The summed E-state index contributed by atoms with van der Waals surface area (Å²) in [6, 6.07) is 15.1. The number of carbonyl (C=O) groups is 1. The monoisotopic (exact) mass is 288 g/mol. The number of carbonyl (C=O) groups excluding carboxylic acids is 1. The molecule has 20 heavy (non-hydrogen) atoms. The molecule has 104 valence electrons. The van der Waals surface area contributed by atoms with Gasteiger partial charge < -0.3 is 10.6 Å². The van der Waals surface area contributed by atoms with Crippen LogP contribution in [0.4, 0.5) is 10.5 Å². The van der Waals surface area contributed by atoms with Crippen LogP contribution in [-0.2, 0) is 6.42 Å². The third kappa shape index (κ3) is 4.28. The lowest BCUT2D eigenvalue weighted by molar-refractivity contribution is 0.252. The highest BCUT2D eigenvalue weighted by Gasteiger charge is 2.03. The van der Waals surface area contributed by atoms with E-state index in [0.29, 0.717) is 11.6 Å². The molecule has 0 unspecified atom stereocenters. The van der Waals surface area contributed by atoms with E-state index < -0.39 is 0 Å². The SMILES string of the molecule is Cc1ccccc1NC(=O)NCCc1cccc(Cl)c1. The number of aryl methyl sites for hydroxylation is 1. The molecule has 0 fully saturated rings. The number of hydrogen-bond donors (Lipinski definition) is 2. The van der Waals surface area contributed by atoms with Gasteiger partial charge in [-0.15, -0.1) is 0 Å². The van der Waals surface area contributed by atoms with Gasteiger partial charge in [0.15, 0.2) is 0 Å². The van der Waals surface area contributed by atoms with Gasteiger partial charge in [-0.1, -0.05) is 41.9 Å². The Bertz CT molecular complexity index is 599. The molecule has 0 saturated carbocycles. The molecule has 2 amide bonds. The Morgan fingerprint density at radius 1 is 1.15 bits per heavy atom. The van der Waals surface area contributed by atoms with Crippen molar-refractivity contribution in [2.45, 2.75) is 13.3 Å². The molecule has 2 N–H and O–H groups in total. The summed E-state index contributed by atoms with van der Waals surface area (Å²) in [6.45, 7) is 2.53. The number of halogens is 1. The molecule has 0 atom stereocenters. The Hall–Kier alpha value is -2.00. The van der Waals surface area contributed by atoms with Crippen LogP contribution >= 0.6 is 11.6 Å². The molecule has 2 rings (SSSR count). The zero-order valence-electron chi connectivity index (χ0n) is 11.3. The van der Waals surface area contributed by atoms with E-state index in [0.717, 1.165) is 23.2 Å². The maximum Gasteiger partial charge on any atom is 0.319 e. The first kappa shape index (κ1) is 14.4. The minimum atomic E-state index is -0.193. The second kappa shape index (κ2) is 6.96. The van der Waals surface area contributed by atoms with Crippen molar-refractivity contribution in [3.05, 3.63) is 64.7 Å². The van der Waals surface area contributed by atoms with Gasteiger partial charge >= 0.3 is 6.03 Å². The molecule has 0 aliphatic carbocycles. The molecular formula is C16H17ClN2O. The number of rotatable bonds is 4. The number of anilines is 1. The fraction of sp³-hybridized carbons (Fsp3) is 0.188. The number of urea groups is 1. The van der Waals surface area contributed by atoms with E-state index in [-0.39, 0.29) is 6.03 Å². The van der Waals surface area contributed by atoms with Gasteiger partial charge in [0.25, 0.3) is 0 Å². The first-order valence-electron chi connectivity index (χ1n) is 6.50.